The van der Waals surface area contributed by atoms with Crippen LogP contribution in [0.1, 0.15) is 88.0 Å². The molecule has 1 aromatic carbocycles. The minimum Gasteiger partial charge on any atom is -0.382 e. The first-order valence-electron chi connectivity index (χ1n) is 19.4. The summed E-state index contributed by atoms with van der Waals surface area (Å²) in [6.45, 7) is 4.29. The Balaban J connectivity index is 0.771. The van der Waals surface area contributed by atoms with Gasteiger partial charge in [0.25, 0.3) is 17.7 Å². The third kappa shape index (κ3) is 6.83. The van der Waals surface area contributed by atoms with E-state index in [2.05, 4.69) is 46.9 Å². The molecule has 2 aliphatic carbocycles. The molecule has 4 aromatic rings. The molecule has 0 bridgehead atoms. The number of piperazine rings is 1. The number of amides is 5. The van der Waals surface area contributed by atoms with Gasteiger partial charge in [-0.05, 0) is 75.1 Å². The molecule has 3 aromatic heterocycles. The summed E-state index contributed by atoms with van der Waals surface area (Å²) in [5.74, 6) is -1.08. The predicted octanol–water partition coefficient (Wildman–Crippen LogP) is 2.77. The highest BCUT2D eigenvalue weighted by Crippen LogP contribution is 2.33. The summed E-state index contributed by atoms with van der Waals surface area (Å²) in [5.41, 5.74) is 3.71. The molecule has 56 heavy (non-hydrogen) atoms. The van der Waals surface area contributed by atoms with Crippen molar-refractivity contribution in [1.82, 2.24) is 40.2 Å². The van der Waals surface area contributed by atoms with Crippen molar-refractivity contribution < 1.29 is 24.0 Å². The normalized spacial score (nSPS) is 22.9. The van der Waals surface area contributed by atoms with Gasteiger partial charge in [-0.3, -0.25) is 39.1 Å². The van der Waals surface area contributed by atoms with E-state index < -0.39 is 29.7 Å². The molecule has 0 spiro atoms. The van der Waals surface area contributed by atoms with Crippen LogP contribution in [0.2, 0.25) is 0 Å². The summed E-state index contributed by atoms with van der Waals surface area (Å²) in [6.07, 6.45) is 10.9. The van der Waals surface area contributed by atoms with Gasteiger partial charge in [-0.15, -0.1) is 0 Å². The number of rotatable bonds is 9. The van der Waals surface area contributed by atoms with E-state index in [1.54, 1.807) is 35.3 Å². The van der Waals surface area contributed by atoms with Crippen molar-refractivity contribution in [3.8, 4) is 11.9 Å². The van der Waals surface area contributed by atoms with Gasteiger partial charge in [0.2, 0.25) is 11.8 Å². The molecule has 2 saturated heterocycles. The van der Waals surface area contributed by atoms with E-state index in [4.69, 9.17) is 0 Å². The molecule has 2 saturated carbocycles. The van der Waals surface area contributed by atoms with E-state index >= 15 is 0 Å². The zero-order chi connectivity index (χ0) is 38.5. The van der Waals surface area contributed by atoms with Gasteiger partial charge in [0.1, 0.15) is 12.1 Å². The first kappa shape index (κ1) is 35.5. The lowest BCUT2D eigenvalue weighted by molar-refractivity contribution is -0.136. The van der Waals surface area contributed by atoms with Crippen molar-refractivity contribution in [2.24, 2.45) is 5.92 Å². The average molecular weight is 756 g/mol. The van der Waals surface area contributed by atoms with Crippen LogP contribution in [-0.4, -0.2) is 110 Å². The molecule has 4 fully saturated rings. The zero-order valence-electron chi connectivity index (χ0n) is 30.7. The van der Waals surface area contributed by atoms with E-state index in [1.165, 1.54) is 6.20 Å². The number of hydrogen-bond donors (Lipinski definition) is 3. The number of nitrogens with zero attached hydrogens (tertiary/aromatic N) is 8. The molecule has 9 rings (SSSR count). The SMILES string of the molecule is N#Cc1cnc2c(cnn2-c2cc(NC3CC3)c(C(=O)NC3CCC(CN4CCN(c5ccc6c(c5)C(=O)N(C5CCC(=O)NC5=O)C6=O)CC4)CC3)cn2)c1. The number of hydrogen-bond acceptors (Lipinski definition) is 12. The molecule has 5 aliphatic rings. The molecule has 286 valence electrons. The van der Waals surface area contributed by atoms with Crippen LogP contribution in [0.25, 0.3) is 16.9 Å². The Morgan fingerprint density at radius 1 is 0.857 bits per heavy atom. The summed E-state index contributed by atoms with van der Waals surface area (Å²) in [4.78, 5) is 78.9. The van der Waals surface area contributed by atoms with Crippen molar-refractivity contribution in [1.29, 1.82) is 5.26 Å². The Kier molecular flexibility index (Phi) is 9.16. The number of carbonyl (C=O) groups is 5. The topological polar surface area (TPSA) is 199 Å². The number of piperidine rings is 1. The molecule has 6 heterocycles. The van der Waals surface area contributed by atoms with Crippen LogP contribution >= 0.6 is 0 Å². The smallest absolute Gasteiger partial charge is 0.262 e. The number of nitriles is 1. The molecule has 1 unspecified atom stereocenters. The Morgan fingerprint density at radius 2 is 1.62 bits per heavy atom. The number of pyridine rings is 2. The van der Waals surface area contributed by atoms with Gasteiger partial charge in [-0.25, -0.2) is 9.97 Å². The second-order valence-corrected chi connectivity index (χ2v) is 15.5. The van der Waals surface area contributed by atoms with E-state index in [9.17, 15) is 29.2 Å². The Morgan fingerprint density at radius 3 is 2.38 bits per heavy atom. The monoisotopic (exact) mass is 755 g/mol. The third-order valence-corrected chi connectivity index (χ3v) is 11.7. The van der Waals surface area contributed by atoms with Crippen molar-refractivity contribution in [3.63, 3.8) is 0 Å². The Bertz CT molecular complexity index is 2310. The van der Waals surface area contributed by atoms with Gasteiger partial charge in [-0.1, -0.05) is 0 Å². The van der Waals surface area contributed by atoms with Crippen LogP contribution in [0.15, 0.2) is 48.9 Å². The number of imide groups is 2. The van der Waals surface area contributed by atoms with Crippen molar-refractivity contribution in [3.05, 3.63) is 71.2 Å². The highest BCUT2D eigenvalue weighted by molar-refractivity contribution is 6.23. The third-order valence-electron chi connectivity index (χ3n) is 11.7. The Hall–Kier alpha value is -6.21. The molecule has 16 nitrogen and oxygen atoms in total. The van der Waals surface area contributed by atoms with Crippen LogP contribution in [0.3, 0.4) is 0 Å². The van der Waals surface area contributed by atoms with E-state index in [1.807, 2.05) is 12.1 Å². The summed E-state index contributed by atoms with van der Waals surface area (Å²) in [6, 6.07) is 10.4. The lowest BCUT2D eigenvalue weighted by Gasteiger charge is -2.39. The second kappa shape index (κ2) is 14.5. The number of anilines is 2. The average Bonchev–Trinajstić information content (AvgIpc) is 3.87. The maximum Gasteiger partial charge on any atom is 0.262 e. The minimum atomic E-state index is -0.981. The summed E-state index contributed by atoms with van der Waals surface area (Å²) in [5, 5.41) is 23.4. The number of fused-ring (bicyclic) bond motifs is 2. The summed E-state index contributed by atoms with van der Waals surface area (Å²) >= 11 is 0. The highest BCUT2D eigenvalue weighted by atomic mass is 16.2. The van der Waals surface area contributed by atoms with Gasteiger partial charge in [0.15, 0.2) is 11.5 Å². The number of carbonyl (C=O) groups excluding carboxylic acids is 5. The summed E-state index contributed by atoms with van der Waals surface area (Å²) in [7, 11) is 0. The van der Waals surface area contributed by atoms with E-state index in [-0.39, 0.29) is 30.4 Å². The van der Waals surface area contributed by atoms with Crippen molar-refractivity contribution in [2.45, 2.75) is 69.5 Å². The molecule has 3 aliphatic heterocycles. The van der Waals surface area contributed by atoms with E-state index in [0.29, 0.717) is 45.8 Å². The van der Waals surface area contributed by atoms with Crippen LogP contribution in [-0.2, 0) is 9.59 Å². The van der Waals surface area contributed by atoms with Gasteiger partial charge in [0.05, 0.1) is 34.1 Å². The molecule has 1 atom stereocenters. The fraction of sp³-hybridized carbons (Fsp3) is 0.425. The molecular weight excluding hydrogens is 715 g/mol. The van der Waals surface area contributed by atoms with E-state index in [0.717, 1.165) is 87.2 Å². The van der Waals surface area contributed by atoms with Gasteiger partial charge in [0, 0.05) is 80.8 Å². The largest absolute Gasteiger partial charge is 0.382 e. The molecule has 5 amide bonds. The number of nitrogens with one attached hydrogen (secondary N) is 3. The molecule has 0 radical (unpaired) electrons. The molecule has 16 heteroatoms. The zero-order valence-corrected chi connectivity index (χ0v) is 30.7. The van der Waals surface area contributed by atoms with Crippen molar-refractivity contribution in [2.75, 3.05) is 42.9 Å². The Labute approximate surface area is 322 Å². The first-order chi connectivity index (χ1) is 27.2. The number of benzene rings is 1. The van der Waals surface area contributed by atoms with Gasteiger partial charge < -0.3 is 15.5 Å². The maximum absolute atomic E-state index is 13.6. The fourth-order valence-corrected chi connectivity index (χ4v) is 8.42. The fourth-order valence-electron chi connectivity index (χ4n) is 8.42. The molecule has 3 N–H and O–H groups in total. The second-order valence-electron chi connectivity index (χ2n) is 15.5. The standard InChI is InChI=1S/C40H41N11O5/c41-18-24-15-25-20-44-51(36(25)43-19-24)34-17-32(45-26-5-6-26)31(21-42-34)37(53)46-27-3-1-23(2-4-27)22-48-11-13-49(14-12-48)28-7-8-29-30(16-28)40(56)50(39(29)55)33-9-10-35(52)47-38(33)54/h7-8,15-17,19-21,23,26-27,33H,1-6,9-14,22H2,(H,42,45)(H,46,53)(H,47,52,54). The minimum absolute atomic E-state index is 0.0814. The maximum atomic E-state index is 13.6. The lowest BCUT2D eigenvalue weighted by atomic mass is 9.85. The lowest BCUT2D eigenvalue weighted by Crippen LogP contribution is -2.54. The first-order valence-corrected chi connectivity index (χ1v) is 19.4. The van der Waals surface area contributed by atoms with Crippen molar-refractivity contribution >= 4 is 51.9 Å². The van der Waals surface area contributed by atoms with Crippen LogP contribution in [0, 0.1) is 17.2 Å². The number of aromatic nitrogens is 4. The van der Waals surface area contributed by atoms with Crippen LogP contribution in [0.5, 0.6) is 0 Å². The quantitative estimate of drug-likeness (QED) is 0.212. The summed E-state index contributed by atoms with van der Waals surface area (Å²) < 4.78 is 1.62. The van der Waals surface area contributed by atoms with Gasteiger partial charge in [-0.2, -0.15) is 15.0 Å². The predicted molar refractivity (Wildman–Crippen MR) is 203 cm³/mol. The highest BCUT2D eigenvalue weighted by Gasteiger charge is 2.45. The molecular formula is C40H41N11O5. The van der Waals surface area contributed by atoms with Crippen LogP contribution < -0.4 is 20.9 Å². The van der Waals surface area contributed by atoms with Crippen LogP contribution in [0.4, 0.5) is 11.4 Å². The van der Waals surface area contributed by atoms with Gasteiger partial charge >= 0.3 is 0 Å².